The van der Waals surface area contributed by atoms with Crippen LogP contribution in [0.15, 0.2) is 49.0 Å². The van der Waals surface area contributed by atoms with Crippen molar-refractivity contribution in [2.75, 3.05) is 26.2 Å². The standard InChI is InChI=1S/C25H28FN7O/c1-4-6-20(32-11-9-29-10-12-32)23(28)24-18(14-27)25(31-15-30-24)34-21-8-7-19-17(22(21)26)13-16(3)33(19)5-2/h4,6-8,13,15,23,29H,1,5,9-12,28H2,2-3H3/b20-6+. The Labute approximate surface area is 198 Å². The molecule has 1 atom stereocenters. The molecule has 9 heteroatoms. The molecular formula is C25H28FN7O. The number of halogens is 1. The van der Waals surface area contributed by atoms with Crippen molar-refractivity contribution in [3.05, 3.63) is 71.7 Å². The molecule has 0 bridgehead atoms. The summed E-state index contributed by atoms with van der Waals surface area (Å²) in [5, 5.41) is 13.7. The molecule has 2 aromatic heterocycles. The third-order valence-electron chi connectivity index (χ3n) is 6.05. The minimum atomic E-state index is -0.704. The first-order valence-electron chi connectivity index (χ1n) is 11.2. The molecule has 0 aliphatic carbocycles. The molecule has 1 aromatic carbocycles. The predicted octanol–water partition coefficient (Wildman–Crippen LogP) is 3.54. The molecule has 34 heavy (non-hydrogen) atoms. The van der Waals surface area contributed by atoms with Crippen LogP contribution < -0.4 is 15.8 Å². The molecule has 3 aromatic rings. The molecule has 8 nitrogen and oxygen atoms in total. The second-order valence-corrected chi connectivity index (χ2v) is 8.04. The molecule has 3 heterocycles. The summed E-state index contributed by atoms with van der Waals surface area (Å²) in [6.07, 6.45) is 4.77. The normalized spacial score (nSPS) is 15.3. The van der Waals surface area contributed by atoms with Crippen LogP contribution in [-0.2, 0) is 6.54 Å². The maximum absolute atomic E-state index is 15.3. The fourth-order valence-electron chi connectivity index (χ4n) is 4.41. The molecule has 1 unspecified atom stereocenters. The van der Waals surface area contributed by atoms with Crippen molar-refractivity contribution in [1.82, 2.24) is 24.8 Å². The Balaban J connectivity index is 1.71. The van der Waals surface area contributed by atoms with Crippen molar-refractivity contribution in [1.29, 1.82) is 5.26 Å². The molecule has 4 rings (SSSR count). The first-order valence-corrected chi connectivity index (χ1v) is 11.2. The van der Waals surface area contributed by atoms with E-state index in [9.17, 15) is 5.26 Å². The summed E-state index contributed by atoms with van der Waals surface area (Å²) in [6.45, 7) is 11.7. The highest BCUT2D eigenvalue weighted by atomic mass is 19.1. The summed E-state index contributed by atoms with van der Waals surface area (Å²) < 4.78 is 23.2. The summed E-state index contributed by atoms with van der Waals surface area (Å²) in [4.78, 5) is 10.6. The van der Waals surface area contributed by atoms with Crippen molar-refractivity contribution in [3.8, 4) is 17.7 Å². The Morgan fingerprint density at radius 1 is 1.38 bits per heavy atom. The van der Waals surface area contributed by atoms with E-state index in [1.54, 1.807) is 24.3 Å². The van der Waals surface area contributed by atoms with Crippen LogP contribution in [0.3, 0.4) is 0 Å². The number of aryl methyl sites for hydroxylation is 2. The van der Waals surface area contributed by atoms with Gasteiger partial charge in [-0.25, -0.2) is 14.4 Å². The molecule has 1 aliphatic heterocycles. The predicted molar refractivity (Wildman–Crippen MR) is 129 cm³/mol. The zero-order valence-electron chi connectivity index (χ0n) is 19.4. The Morgan fingerprint density at radius 3 is 2.82 bits per heavy atom. The molecule has 176 valence electrons. The third-order valence-corrected chi connectivity index (χ3v) is 6.05. The third kappa shape index (κ3) is 4.25. The monoisotopic (exact) mass is 461 g/mol. The number of nitrogens with two attached hydrogens (primary N) is 1. The van der Waals surface area contributed by atoms with Gasteiger partial charge in [-0.2, -0.15) is 5.26 Å². The lowest BCUT2D eigenvalue weighted by molar-refractivity contribution is 0.282. The minimum absolute atomic E-state index is 0.0144. The molecule has 3 N–H and O–H groups in total. The van der Waals surface area contributed by atoms with E-state index in [0.717, 1.165) is 49.6 Å². The highest BCUT2D eigenvalue weighted by molar-refractivity contribution is 5.83. The maximum Gasteiger partial charge on any atom is 0.240 e. The number of nitrogens with one attached hydrogen (secondary N) is 1. The van der Waals surface area contributed by atoms with E-state index in [1.165, 1.54) is 6.33 Å². The van der Waals surface area contributed by atoms with Gasteiger partial charge in [-0.15, -0.1) is 0 Å². The van der Waals surface area contributed by atoms with Crippen LogP contribution in [0.2, 0.25) is 0 Å². The molecule has 1 saturated heterocycles. The molecule has 0 spiro atoms. The van der Waals surface area contributed by atoms with E-state index in [2.05, 4.69) is 32.8 Å². The fraction of sp³-hybridized carbons (Fsp3) is 0.320. The topological polar surface area (TPSA) is 105 Å². The van der Waals surface area contributed by atoms with Gasteiger partial charge in [-0.3, -0.25) is 0 Å². The second-order valence-electron chi connectivity index (χ2n) is 8.04. The SMILES string of the molecule is C=C/C=C(\C(N)c1ncnc(Oc2ccc3c(cc(C)n3CC)c2F)c1C#N)N1CCNCC1. The maximum atomic E-state index is 15.3. The number of hydrogen-bond donors (Lipinski definition) is 2. The second kappa shape index (κ2) is 10.0. The highest BCUT2D eigenvalue weighted by Crippen LogP contribution is 2.34. The van der Waals surface area contributed by atoms with Gasteiger partial charge in [0.25, 0.3) is 0 Å². The molecule has 0 saturated carbocycles. The van der Waals surface area contributed by atoms with Gasteiger partial charge in [0, 0.05) is 49.5 Å². The summed E-state index contributed by atoms with van der Waals surface area (Å²) in [7, 11) is 0. The number of allylic oxidation sites excluding steroid dienone is 2. The Kier molecular flexibility index (Phi) is 6.91. The van der Waals surface area contributed by atoms with E-state index in [0.29, 0.717) is 11.1 Å². The van der Waals surface area contributed by atoms with Gasteiger partial charge in [0.05, 0.1) is 17.3 Å². The van der Waals surface area contributed by atoms with Crippen LogP contribution in [0.5, 0.6) is 11.6 Å². The van der Waals surface area contributed by atoms with Crippen LogP contribution in [0.4, 0.5) is 4.39 Å². The number of nitrogens with zero attached hydrogens (tertiary/aromatic N) is 5. The van der Waals surface area contributed by atoms with Crippen LogP contribution >= 0.6 is 0 Å². The summed E-state index contributed by atoms with van der Waals surface area (Å²) in [6, 6.07) is 6.54. The van der Waals surface area contributed by atoms with Crippen LogP contribution in [0, 0.1) is 24.1 Å². The molecule has 0 amide bonds. The first-order chi connectivity index (χ1) is 16.5. The van der Waals surface area contributed by atoms with Gasteiger partial charge in [0.1, 0.15) is 18.0 Å². The zero-order valence-corrected chi connectivity index (χ0v) is 19.4. The smallest absolute Gasteiger partial charge is 0.240 e. The first kappa shape index (κ1) is 23.4. The van der Waals surface area contributed by atoms with Crippen molar-refractivity contribution in [2.24, 2.45) is 5.73 Å². The van der Waals surface area contributed by atoms with E-state index < -0.39 is 11.9 Å². The van der Waals surface area contributed by atoms with E-state index in [1.807, 2.05) is 24.5 Å². The van der Waals surface area contributed by atoms with Crippen LogP contribution in [-0.4, -0.2) is 45.6 Å². The summed E-state index contributed by atoms with van der Waals surface area (Å²) in [5.74, 6) is -0.556. The lowest BCUT2D eigenvalue weighted by atomic mass is 10.0. The number of piperazine rings is 1. The highest BCUT2D eigenvalue weighted by Gasteiger charge is 2.26. The Bertz CT molecular complexity index is 1280. The van der Waals surface area contributed by atoms with Gasteiger partial charge in [-0.1, -0.05) is 12.7 Å². The number of fused-ring (bicyclic) bond motifs is 1. The number of benzene rings is 1. The molecule has 1 fully saturated rings. The molecule has 1 aliphatic rings. The quantitative estimate of drug-likeness (QED) is 0.519. The van der Waals surface area contributed by atoms with Gasteiger partial charge in [0.15, 0.2) is 11.6 Å². The number of ether oxygens (including phenoxy) is 1. The van der Waals surface area contributed by atoms with Crippen molar-refractivity contribution in [2.45, 2.75) is 26.4 Å². The van der Waals surface area contributed by atoms with Crippen molar-refractivity contribution in [3.63, 3.8) is 0 Å². The Hall–Kier alpha value is -3.74. The van der Waals surface area contributed by atoms with Gasteiger partial charge < -0.3 is 25.3 Å². The van der Waals surface area contributed by atoms with Crippen LogP contribution in [0.25, 0.3) is 10.9 Å². The molecular weight excluding hydrogens is 433 g/mol. The average molecular weight is 462 g/mol. The number of aromatic nitrogens is 3. The lowest BCUT2D eigenvalue weighted by Crippen LogP contribution is -2.44. The zero-order chi connectivity index (χ0) is 24.2. The minimum Gasteiger partial charge on any atom is -0.434 e. The van der Waals surface area contributed by atoms with E-state index in [-0.39, 0.29) is 17.2 Å². The number of hydrogen-bond acceptors (Lipinski definition) is 7. The lowest BCUT2D eigenvalue weighted by Gasteiger charge is -2.34. The van der Waals surface area contributed by atoms with Gasteiger partial charge in [-0.05, 0) is 38.1 Å². The summed E-state index contributed by atoms with van der Waals surface area (Å²) in [5.41, 5.74) is 9.50. The van der Waals surface area contributed by atoms with Gasteiger partial charge >= 0.3 is 0 Å². The number of nitriles is 1. The van der Waals surface area contributed by atoms with Crippen LogP contribution in [0.1, 0.15) is 29.9 Å². The number of rotatable bonds is 7. The van der Waals surface area contributed by atoms with Crippen molar-refractivity contribution < 1.29 is 9.13 Å². The van der Waals surface area contributed by atoms with E-state index >= 15 is 4.39 Å². The van der Waals surface area contributed by atoms with Crippen molar-refractivity contribution >= 4 is 10.9 Å². The fourth-order valence-corrected chi connectivity index (χ4v) is 4.41. The summed E-state index contributed by atoms with van der Waals surface area (Å²) >= 11 is 0. The molecule has 0 radical (unpaired) electrons. The van der Waals surface area contributed by atoms with E-state index in [4.69, 9.17) is 10.5 Å². The Morgan fingerprint density at radius 2 is 2.15 bits per heavy atom. The van der Waals surface area contributed by atoms with Gasteiger partial charge in [0.2, 0.25) is 5.88 Å². The largest absolute Gasteiger partial charge is 0.434 e. The average Bonchev–Trinajstić information content (AvgIpc) is 3.20.